The number of hydrogen-bond acceptors (Lipinski definition) is 3. The van der Waals surface area contributed by atoms with Crippen LogP contribution in [-0.2, 0) is 27.8 Å². The van der Waals surface area contributed by atoms with E-state index in [0.29, 0.717) is 24.4 Å². The average molecular weight is 439 g/mol. The van der Waals surface area contributed by atoms with E-state index < -0.39 is 16.0 Å². The molecule has 0 unspecified atom stereocenters. The molecule has 1 saturated heterocycles. The topological polar surface area (TPSA) is 79.6 Å². The fourth-order valence-corrected chi connectivity index (χ4v) is 5.98. The minimum atomic E-state index is -3.54. The van der Waals surface area contributed by atoms with Crippen molar-refractivity contribution in [1.29, 1.82) is 0 Å². The van der Waals surface area contributed by atoms with Gasteiger partial charge in [-0.1, -0.05) is 48.5 Å². The summed E-state index contributed by atoms with van der Waals surface area (Å²) in [6.07, 6.45) is 2.19. The standard InChI is InChI=1S/C24H26N2O4S/c1-18-21(16-22(26(18)17-24(27)28)19-9-3-2-4-10-19)15-20-11-5-6-12-23(20)31(29,30)25-13-7-8-14-25/h2-6,9-12,16H,7-8,13-15,17H2,1H3,(H,27,28). The number of hydrogen-bond donors (Lipinski definition) is 1. The first kappa shape index (κ1) is 21.3. The Morgan fingerprint density at radius 3 is 2.29 bits per heavy atom. The quantitative estimate of drug-likeness (QED) is 0.606. The number of nitrogens with zero attached hydrogens (tertiary/aromatic N) is 2. The first-order valence-electron chi connectivity index (χ1n) is 10.4. The van der Waals surface area contributed by atoms with Crippen molar-refractivity contribution in [2.24, 2.45) is 0 Å². The fraction of sp³-hybridized carbons (Fsp3) is 0.292. The smallest absolute Gasteiger partial charge is 0.323 e. The van der Waals surface area contributed by atoms with Crippen molar-refractivity contribution in [2.45, 2.75) is 37.6 Å². The van der Waals surface area contributed by atoms with E-state index in [-0.39, 0.29) is 6.54 Å². The van der Waals surface area contributed by atoms with Crippen molar-refractivity contribution < 1.29 is 18.3 Å². The SMILES string of the molecule is Cc1c(Cc2ccccc2S(=O)(=O)N2CCCC2)cc(-c2ccccc2)n1CC(=O)O. The van der Waals surface area contributed by atoms with Crippen LogP contribution in [0.2, 0.25) is 0 Å². The zero-order chi connectivity index (χ0) is 22.0. The Labute approximate surface area is 182 Å². The van der Waals surface area contributed by atoms with E-state index in [9.17, 15) is 18.3 Å². The van der Waals surface area contributed by atoms with Gasteiger partial charge in [0.2, 0.25) is 10.0 Å². The van der Waals surface area contributed by atoms with Crippen LogP contribution in [0.5, 0.6) is 0 Å². The van der Waals surface area contributed by atoms with E-state index in [1.165, 1.54) is 0 Å². The second-order valence-electron chi connectivity index (χ2n) is 7.88. The van der Waals surface area contributed by atoms with Gasteiger partial charge in [-0.3, -0.25) is 4.79 Å². The molecule has 1 aliphatic rings. The Bertz CT molecular complexity index is 1190. The van der Waals surface area contributed by atoms with Gasteiger partial charge in [-0.05, 0) is 48.6 Å². The second kappa shape index (κ2) is 8.69. The molecule has 0 aliphatic carbocycles. The van der Waals surface area contributed by atoms with Crippen LogP contribution in [0.15, 0.2) is 65.6 Å². The van der Waals surface area contributed by atoms with E-state index >= 15 is 0 Å². The van der Waals surface area contributed by atoms with Crippen molar-refractivity contribution in [1.82, 2.24) is 8.87 Å². The van der Waals surface area contributed by atoms with Gasteiger partial charge in [0.25, 0.3) is 0 Å². The van der Waals surface area contributed by atoms with Gasteiger partial charge >= 0.3 is 5.97 Å². The molecule has 6 nitrogen and oxygen atoms in total. The highest BCUT2D eigenvalue weighted by Crippen LogP contribution is 2.30. The lowest BCUT2D eigenvalue weighted by atomic mass is 10.0. The van der Waals surface area contributed by atoms with Crippen LogP contribution in [-0.4, -0.2) is 41.5 Å². The molecule has 1 fully saturated rings. The van der Waals surface area contributed by atoms with Crippen molar-refractivity contribution >= 4 is 16.0 Å². The van der Waals surface area contributed by atoms with E-state index in [2.05, 4.69) is 0 Å². The first-order chi connectivity index (χ1) is 14.9. The largest absolute Gasteiger partial charge is 0.480 e. The van der Waals surface area contributed by atoms with Gasteiger partial charge < -0.3 is 9.67 Å². The summed E-state index contributed by atoms with van der Waals surface area (Å²) >= 11 is 0. The second-order valence-corrected chi connectivity index (χ2v) is 9.79. The number of aromatic nitrogens is 1. The molecule has 162 valence electrons. The first-order valence-corrected chi connectivity index (χ1v) is 11.9. The number of rotatable bonds is 7. The molecule has 7 heteroatoms. The Morgan fingerprint density at radius 1 is 0.968 bits per heavy atom. The molecule has 3 aromatic rings. The molecule has 0 saturated carbocycles. The summed E-state index contributed by atoms with van der Waals surface area (Å²) in [4.78, 5) is 11.8. The van der Waals surface area contributed by atoms with E-state index in [4.69, 9.17) is 0 Å². The Balaban J connectivity index is 1.76. The van der Waals surface area contributed by atoms with Crippen molar-refractivity contribution in [3.8, 4) is 11.3 Å². The third-order valence-corrected chi connectivity index (χ3v) is 7.87. The van der Waals surface area contributed by atoms with Gasteiger partial charge in [-0.2, -0.15) is 4.31 Å². The lowest BCUT2D eigenvalue weighted by molar-refractivity contribution is -0.137. The molecule has 2 aromatic carbocycles. The number of sulfonamides is 1. The summed E-state index contributed by atoms with van der Waals surface area (Å²) < 4.78 is 29.8. The predicted octanol–water partition coefficient (Wildman–Crippen LogP) is 3.92. The van der Waals surface area contributed by atoms with Gasteiger partial charge in [0, 0.05) is 30.9 Å². The lowest BCUT2D eigenvalue weighted by Crippen LogP contribution is -2.28. The van der Waals surface area contributed by atoms with Crippen molar-refractivity contribution in [3.05, 3.63) is 77.5 Å². The number of aliphatic carboxylic acids is 1. The van der Waals surface area contributed by atoms with Crippen LogP contribution >= 0.6 is 0 Å². The highest BCUT2D eigenvalue weighted by molar-refractivity contribution is 7.89. The molecule has 1 aromatic heterocycles. The van der Waals surface area contributed by atoms with Gasteiger partial charge in [0.15, 0.2) is 0 Å². The van der Waals surface area contributed by atoms with Gasteiger partial charge in [-0.15, -0.1) is 0 Å². The number of carbonyl (C=O) groups is 1. The van der Waals surface area contributed by atoms with Gasteiger partial charge in [0.1, 0.15) is 6.54 Å². The molecule has 31 heavy (non-hydrogen) atoms. The minimum Gasteiger partial charge on any atom is -0.480 e. The molecule has 4 rings (SSSR count). The summed E-state index contributed by atoms with van der Waals surface area (Å²) in [7, 11) is -3.54. The molecule has 0 spiro atoms. The normalized spacial score (nSPS) is 14.7. The molecule has 0 atom stereocenters. The molecular weight excluding hydrogens is 412 g/mol. The third-order valence-electron chi connectivity index (χ3n) is 5.87. The third kappa shape index (κ3) is 4.29. The van der Waals surface area contributed by atoms with E-state index in [0.717, 1.165) is 40.9 Å². The highest BCUT2D eigenvalue weighted by atomic mass is 32.2. The molecular formula is C24H26N2O4S. The van der Waals surface area contributed by atoms with Crippen LogP contribution < -0.4 is 0 Å². The van der Waals surface area contributed by atoms with Gasteiger partial charge in [0.05, 0.1) is 4.90 Å². The Morgan fingerprint density at radius 2 is 1.61 bits per heavy atom. The Hall–Kier alpha value is -2.90. The van der Waals surface area contributed by atoms with Crippen LogP contribution in [0.25, 0.3) is 11.3 Å². The number of carboxylic acids is 1. The predicted molar refractivity (Wildman–Crippen MR) is 119 cm³/mol. The van der Waals surface area contributed by atoms with Crippen LogP contribution in [0.4, 0.5) is 0 Å². The summed E-state index contributed by atoms with van der Waals surface area (Å²) in [6.45, 7) is 2.86. The van der Waals surface area contributed by atoms with E-state index in [1.807, 2.05) is 55.5 Å². The Kier molecular flexibility index (Phi) is 5.98. The summed E-state index contributed by atoms with van der Waals surface area (Å²) in [5.74, 6) is -0.917. The summed E-state index contributed by atoms with van der Waals surface area (Å²) in [5, 5.41) is 9.43. The van der Waals surface area contributed by atoms with Crippen LogP contribution in [0.1, 0.15) is 29.7 Å². The maximum Gasteiger partial charge on any atom is 0.323 e. The maximum atomic E-state index is 13.2. The fourth-order valence-electron chi connectivity index (χ4n) is 4.24. The number of carboxylic acid groups (broad SMARTS) is 1. The molecule has 2 heterocycles. The summed E-state index contributed by atoms with van der Waals surface area (Å²) in [6, 6.07) is 18.7. The number of benzene rings is 2. The van der Waals surface area contributed by atoms with Crippen molar-refractivity contribution in [3.63, 3.8) is 0 Å². The average Bonchev–Trinajstić information content (AvgIpc) is 3.40. The summed E-state index contributed by atoms with van der Waals surface area (Å²) in [5.41, 5.74) is 4.22. The molecule has 0 amide bonds. The zero-order valence-corrected chi connectivity index (χ0v) is 18.3. The van der Waals surface area contributed by atoms with Crippen molar-refractivity contribution in [2.75, 3.05) is 13.1 Å². The molecule has 0 bridgehead atoms. The zero-order valence-electron chi connectivity index (χ0n) is 17.5. The minimum absolute atomic E-state index is 0.149. The lowest BCUT2D eigenvalue weighted by Gasteiger charge is -2.18. The van der Waals surface area contributed by atoms with Gasteiger partial charge in [-0.25, -0.2) is 8.42 Å². The van der Waals surface area contributed by atoms with Crippen LogP contribution in [0, 0.1) is 6.92 Å². The molecule has 1 N–H and O–H groups in total. The molecule has 0 radical (unpaired) electrons. The van der Waals surface area contributed by atoms with Crippen LogP contribution in [0.3, 0.4) is 0 Å². The highest BCUT2D eigenvalue weighted by Gasteiger charge is 2.29. The maximum absolute atomic E-state index is 13.2. The monoisotopic (exact) mass is 438 g/mol. The molecule has 1 aliphatic heterocycles. The van der Waals surface area contributed by atoms with E-state index in [1.54, 1.807) is 21.0 Å².